The molecule has 3 nitrogen and oxygen atoms in total. The Morgan fingerprint density at radius 2 is 1.95 bits per heavy atom. The topological polar surface area (TPSA) is 24.5 Å². The van der Waals surface area contributed by atoms with Crippen LogP contribution in [0.15, 0.2) is 42.5 Å². The van der Waals surface area contributed by atoms with Gasteiger partial charge in [0.25, 0.3) is 0 Å². The van der Waals surface area contributed by atoms with Crippen LogP contribution in [0.4, 0.5) is 11.4 Å². The van der Waals surface area contributed by atoms with E-state index in [2.05, 4.69) is 40.5 Å². The fraction of sp³-hybridized carbons (Fsp3) is 0.250. The summed E-state index contributed by atoms with van der Waals surface area (Å²) in [6.45, 7) is 1.90. The molecule has 1 N–H and O–H groups in total. The molecule has 98 valence electrons. The van der Waals surface area contributed by atoms with Gasteiger partial charge in [-0.1, -0.05) is 18.2 Å². The SMILES string of the molecule is CNc1cccc2c1CN(c1cccc(OC)c1)C2. The molecule has 0 atom stereocenters. The predicted molar refractivity (Wildman–Crippen MR) is 78.9 cm³/mol. The molecule has 1 aliphatic heterocycles. The Morgan fingerprint density at radius 3 is 2.74 bits per heavy atom. The van der Waals surface area contributed by atoms with Crippen LogP contribution in [0, 0.1) is 0 Å². The summed E-state index contributed by atoms with van der Waals surface area (Å²) in [5.74, 6) is 0.905. The molecule has 19 heavy (non-hydrogen) atoms. The van der Waals surface area contributed by atoms with Gasteiger partial charge < -0.3 is 15.0 Å². The average molecular weight is 254 g/mol. The number of hydrogen-bond acceptors (Lipinski definition) is 3. The van der Waals surface area contributed by atoms with Crippen LogP contribution in [0.1, 0.15) is 11.1 Å². The summed E-state index contributed by atoms with van der Waals surface area (Å²) in [6.07, 6.45) is 0. The number of fused-ring (bicyclic) bond motifs is 1. The van der Waals surface area contributed by atoms with E-state index in [4.69, 9.17) is 4.74 Å². The summed E-state index contributed by atoms with van der Waals surface area (Å²) in [7, 11) is 3.68. The second-order valence-electron chi connectivity index (χ2n) is 4.75. The number of anilines is 2. The van der Waals surface area contributed by atoms with E-state index in [-0.39, 0.29) is 0 Å². The molecule has 2 aromatic rings. The maximum atomic E-state index is 5.30. The summed E-state index contributed by atoms with van der Waals surface area (Å²) < 4.78 is 5.30. The van der Waals surface area contributed by atoms with E-state index in [1.165, 1.54) is 22.5 Å². The predicted octanol–water partition coefficient (Wildman–Crippen LogP) is 3.26. The highest BCUT2D eigenvalue weighted by molar-refractivity contribution is 5.62. The van der Waals surface area contributed by atoms with E-state index in [0.29, 0.717) is 0 Å². The Balaban J connectivity index is 1.90. The van der Waals surface area contributed by atoms with Crippen LogP contribution in [0.2, 0.25) is 0 Å². The van der Waals surface area contributed by atoms with E-state index in [9.17, 15) is 0 Å². The highest BCUT2D eigenvalue weighted by atomic mass is 16.5. The molecule has 1 aliphatic rings. The Morgan fingerprint density at radius 1 is 1.11 bits per heavy atom. The minimum absolute atomic E-state index is 0.905. The van der Waals surface area contributed by atoms with E-state index in [1.807, 2.05) is 19.2 Å². The number of hydrogen-bond donors (Lipinski definition) is 1. The lowest BCUT2D eigenvalue weighted by molar-refractivity contribution is 0.415. The van der Waals surface area contributed by atoms with Crippen molar-refractivity contribution in [1.82, 2.24) is 0 Å². The molecule has 0 bridgehead atoms. The van der Waals surface area contributed by atoms with Crippen molar-refractivity contribution in [2.24, 2.45) is 0 Å². The first-order valence-electron chi connectivity index (χ1n) is 6.49. The van der Waals surface area contributed by atoms with Crippen molar-refractivity contribution in [2.75, 3.05) is 24.4 Å². The van der Waals surface area contributed by atoms with Crippen molar-refractivity contribution >= 4 is 11.4 Å². The zero-order valence-corrected chi connectivity index (χ0v) is 11.3. The zero-order chi connectivity index (χ0) is 13.2. The largest absolute Gasteiger partial charge is 0.497 e. The molecule has 0 aliphatic carbocycles. The lowest BCUT2D eigenvalue weighted by Gasteiger charge is -2.18. The minimum atomic E-state index is 0.905. The minimum Gasteiger partial charge on any atom is -0.497 e. The normalized spacial score (nSPS) is 13.3. The molecule has 0 amide bonds. The van der Waals surface area contributed by atoms with Gasteiger partial charge in [-0.3, -0.25) is 0 Å². The molecule has 2 aromatic carbocycles. The van der Waals surface area contributed by atoms with Gasteiger partial charge in [-0.15, -0.1) is 0 Å². The van der Waals surface area contributed by atoms with Crippen molar-refractivity contribution in [3.63, 3.8) is 0 Å². The first-order chi connectivity index (χ1) is 9.31. The van der Waals surface area contributed by atoms with Gasteiger partial charge in [0.05, 0.1) is 7.11 Å². The van der Waals surface area contributed by atoms with E-state index < -0.39 is 0 Å². The number of nitrogens with one attached hydrogen (secondary N) is 1. The number of ether oxygens (including phenoxy) is 1. The number of nitrogens with zero attached hydrogens (tertiary/aromatic N) is 1. The number of benzene rings is 2. The highest BCUT2D eigenvalue weighted by Crippen LogP contribution is 2.33. The molecule has 0 saturated carbocycles. The van der Waals surface area contributed by atoms with Crippen molar-refractivity contribution in [3.05, 3.63) is 53.6 Å². The van der Waals surface area contributed by atoms with Crippen molar-refractivity contribution in [1.29, 1.82) is 0 Å². The maximum Gasteiger partial charge on any atom is 0.120 e. The quantitative estimate of drug-likeness (QED) is 0.910. The molecule has 1 heterocycles. The average Bonchev–Trinajstić information content (AvgIpc) is 2.91. The van der Waals surface area contributed by atoms with Gasteiger partial charge in [0.1, 0.15) is 5.75 Å². The summed E-state index contributed by atoms with van der Waals surface area (Å²) in [4.78, 5) is 2.37. The van der Waals surface area contributed by atoms with Gasteiger partial charge in [0, 0.05) is 37.6 Å². The standard InChI is InChI=1S/C16H18N2O/c1-17-16-8-3-5-12-10-18(11-15(12)16)13-6-4-7-14(9-13)19-2/h3-9,17H,10-11H2,1-2H3. The molecule has 0 unspecified atom stereocenters. The Labute approximate surface area is 113 Å². The van der Waals surface area contributed by atoms with E-state index in [1.54, 1.807) is 7.11 Å². The Kier molecular flexibility index (Phi) is 3.03. The summed E-state index contributed by atoms with van der Waals surface area (Å²) in [5, 5.41) is 3.27. The maximum absolute atomic E-state index is 5.30. The Hall–Kier alpha value is -2.16. The monoisotopic (exact) mass is 254 g/mol. The molecule has 0 spiro atoms. The molecule has 0 fully saturated rings. The number of methoxy groups -OCH3 is 1. The van der Waals surface area contributed by atoms with E-state index in [0.717, 1.165) is 18.8 Å². The second kappa shape index (κ2) is 4.84. The van der Waals surface area contributed by atoms with Crippen LogP contribution < -0.4 is 15.0 Å². The lowest BCUT2D eigenvalue weighted by atomic mass is 10.1. The van der Waals surface area contributed by atoms with Crippen LogP contribution >= 0.6 is 0 Å². The summed E-state index contributed by atoms with van der Waals surface area (Å²) in [5.41, 5.74) is 5.22. The zero-order valence-electron chi connectivity index (χ0n) is 11.3. The molecule has 0 radical (unpaired) electrons. The lowest BCUT2D eigenvalue weighted by Crippen LogP contribution is -2.14. The van der Waals surface area contributed by atoms with Crippen LogP contribution in [0.3, 0.4) is 0 Å². The van der Waals surface area contributed by atoms with Crippen molar-refractivity contribution in [3.8, 4) is 5.75 Å². The van der Waals surface area contributed by atoms with Gasteiger partial charge in [-0.05, 0) is 29.3 Å². The highest BCUT2D eigenvalue weighted by Gasteiger charge is 2.21. The second-order valence-corrected chi connectivity index (χ2v) is 4.75. The summed E-state index contributed by atoms with van der Waals surface area (Å²) >= 11 is 0. The fourth-order valence-corrected chi connectivity index (χ4v) is 2.65. The molecular formula is C16H18N2O. The van der Waals surface area contributed by atoms with Crippen molar-refractivity contribution in [2.45, 2.75) is 13.1 Å². The van der Waals surface area contributed by atoms with Gasteiger partial charge in [0.15, 0.2) is 0 Å². The molecule has 3 rings (SSSR count). The molecule has 3 heteroatoms. The van der Waals surface area contributed by atoms with Crippen LogP contribution in [0.25, 0.3) is 0 Å². The summed E-state index contributed by atoms with van der Waals surface area (Å²) in [6, 6.07) is 14.7. The first kappa shape index (κ1) is 11.9. The van der Waals surface area contributed by atoms with Crippen molar-refractivity contribution < 1.29 is 4.74 Å². The van der Waals surface area contributed by atoms with Crippen LogP contribution in [0.5, 0.6) is 5.75 Å². The number of rotatable bonds is 3. The van der Waals surface area contributed by atoms with Crippen LogP contribution in [-0.4, -0.2) is 14.2 Å². The van der Waals surface area contributed by atoms with Gasteiger partial charge in [0.2, 0.25) is 0 Å². The molecule has 0 saturated heterocycles. The third-order valence-electron chi connectivity index (χ3n) is 3.67. The molecule has 0 aromatic heterocycles. The van der Waals surface area contributed by atoms with E-state index >= 15 is 0 Å². The third kappa shape index (κ3) is 2.12. The molecular weight excluding hydrogens is 236 g/mol. The smallest absolute Gasteiger partial charge is 0.120 e. The third-order valence-corrected chi connectivity index (χ3v) is 3.67. The Bertz CT molecular complexity index is 595. The van der Waals surface area contributed by atoms with Gasteiger partial charge in [-0.25, -0.2) is 0 Å². The van der Waals surface area contributed by atoms with Gasteiger partial charge in [-0.2, -0.15) is 0 Å². The van der Waals surface area contributed by atoms with Crippen LogP contribution in [-0.2, 0) is 13.1 Å². The fourth-order valence-electron chi connectivity index (χ4n) is 2.65. The van der Waals surface area contributed by atoms with Gasteiger partial charge >= 0.3 is 0 Å². The first-order valence-corrected chi connectivity index (χ1v) is 6.49.